The first-order valence-electron chi connectivity index (χ1n) is 4.68. The van der Waals surface area contributed by atoms with Crippen molar-refractivity contribution in [2.75, 3.05) is 18.9 Å². The van der Waals surface area contributed by atoms with Crippen molar-refractivity contribution in [3.05, 3.63) is 15.8 Å². The van der Waals surface area contributed by atoms with Crippen molar-refractivity contribution in [3.8, 4) is 0 Å². The van der Waals surface area contributed by atoms with Gasteiger partial charge in [0.05, 0.1) is 17.3 Å². The van der Waals surface area contributed by atoms with Crippen LogP contribution in [0.1, 0.15) is 0 Å². The summed E-state index contributed by atoms with van der Waals surface area (Å²) in [6.07, 6.45) is 0. The van der Waals surface area contributed by atoms with Crippen LogP contribution in [-0.4, -0.2) is 36.4 Å². The molecule has 2 N–H and O–H groups in total. The van der Waals surface area contributed by atoms with Crippen LogP contribution in [0.4, 0.5) is 10.5 Å². The number of hydrogen-bond donors (Lipinski definition) is 2. The summed E-state index contributed by atoms with van der Waals surface area (Å²) in [5.74, 6) is 0.0477. The first kappa shape index (κ1) is 11.9. The molecule has 2 heterocycles. The Hall–Kier alpha value is -1.60. The predicted octanol–water partition coefficient (Wildman–Crippen LogP) is 1.35. The van der Waals surface area contributed by atoms with E-state index in [0.717, 1.165) is 0 Å². The van der Waals surface area contributed by atoms with Crippen LogP contribution in [0.2, 0.25) is 5.02 Å². The number of carbonyl (C=O) groups is 2. The monoisotopic (exact) mass is 272 g/mol. The lowest BCUT2D eigenvalue weighted by atomic mass is 10.5. The Morgan fingerprint density at radius 1 is 1.65 bits per heavy atom. The molecule has 8 heteroatoms. The van der Waals surface area contributed by atoms with Gasteiger partial charge in [0.2, 0.25) is 11.9 Å². The van der Waals surface area contributed by atoms with Gasteiger partial charge in [-0.15, -0.1) is 11.3 Å². The van der Waals surface area contributed by atoms with Crippen LogP contribution in [0.5, 0.6) is 0 Å². The van der Waals surface area contributed by atoms with Crippen LogP contribution in [0.15, 0.2) is 15.8 Å². The van der Waals surface area contributed by atoms with Gasteiger partial charge in [0.25, 0.3) is 0 Å². The zero-order valence-electron chi connectivity index (χ0n) is 8.86. The molecule has 0 unspecified atom stereocenters. The molecule has 1 aromatic heterocycles. The van der Waals surface area contributed by atoms with Crippen LogP contribution in [-0.2, 0) is 4.79 Å². The smallest absolute Gasteiger partial charge is 0.336 e. The lowest BCUT2D eigenvalue weighted by Gasteiger charge is -2.07. The van der Waals surface area contributed by atoms with E-state index in [4.69, 9.17) is 11.6 Å². The Morgan fingerprint density at radius 2 is 2.41 bits per heavy atom. The molecule has 17 heavy (non-hydrogen) atoms. The van der Waals surface area contributed by atoms with Gasteiger partial charge < -0.3 is 10.2 Å². The Balaban J connectivity index is 2.05. The van der Waals surface area contributed by atoms with E-state index in [1.807, 2.05) is 0 Å². The summed E-state index contributed by atoms with van der Waals surface area (Å²) >= 11 is 7.20. The number of nitrogens with zero attached hydrogens (tertiary/aromatic N) is 2. The van der Waals surface area contributed by atoms with Crippen molar-refractivity contribution >= 4 is 46.5 Å². The molecule has 0 aromatic carbocycles. The van der Waals surface area contributed by atoms with Gasteiger partial charge >= 0.3 is 6.03 Å². The van der Waals surface area contributed by atoms with Gasteiger partial charge in [-0.1, -0.05) is 11.6 Å². The molecule has 1 aliphatic rings. The first-order chi connectivity index (χ1) is 8.06. The van der Waals surface area contributed by atoms with Crippen molar-refractivity contribution in [1.29, 1.82) is 0 Å². The number of likely N-dealkylation sites (N-methyl/N-ethyl adjacent to an activating group) is 1. The fourth-order valence-corrected chi connectivity index (χ4v) is 2.23. The van der Waals surface area contributed by atoms with Gasteiger partial charge in [-0.25, -0.2) is 4.79 Å². The van der Waals surface area contributed by atoms with Crippen LogP contribution >= 0.6 is 22.9 Å². The lowest BCUT2D eigenvalue weighted by Crippen LogP contribution is -2.29. The number of carbonyl (C=O) groups excluding carboxylic acids is 2. The first-order valence-corrected chi connectivity index (χ1v) is 6.00. The van der Waals surface area contributed by atoms with Gasteiger partial charge in [0.1, 0.15) is 0 Å². The third-order valence-electron chi connectivity index (χ3n) is 2.06. The Morgan fingerprint density at radius 3 is 2.94 bits per heavy atom. The van der Waals surface area contributed by atoms with E-state index in [0.29, 0.717) is 10.7 Å². The Kier molecular flexibility index (Phi) is 3.30. The van der Waals surface area contributed by atoms with E-state index in [2.05, 4.69) is 15.6 Å². The molecule has 0 radical (unpaired) electrons. The summed E-state index contributed by atoms with van der Waals surface area (Å²) in [6, 6.07) is -0.575. The van der Waals surface area contributed by atoms with E-state index in [1.54, 1.807) is 22.7 Å². The van der Waals surface area contributed by atoms with Crippen LogP contribution in [0, 0.1) is 0 Å². The zero-order chi connectivity index (χ0) is 12.4. The molecule has 1 saturated heterocycles. The van der Waals surface area contributed by atoms with Gasteiger partial charge in [-0.2, -0.15) is 4.99 Å². The minimum Gasteiger partial charge on any atom is -0.336 e. The molecule has 90 valence electrons. The minimum atomic E-state index is -0.575. The molecule has 1 fully saturated rings. The molecule has 1 aliphatic heterocycles. The summed E-state index contributed by atoms with van der Waals surface area (Å²) in [7, 11) is 1.67. The number of halogens is 1. The average molecular weight is 273 g/mol. The Labute approximate surface area is 106 Å². The molecular weight excluding hydrogens is 264 g/mol. The molecular formula is C9H9ClN4O2S. The summed E-state index contributed by atoms with van der Waals surface area (Å²) in [6.45, 7) is 0.200. The highest BCUT2D eigenvalue weighted by Gasteiger charge is 2.22. The van der Waals surface area contributed by atoms with E-state index < -0.39 is 6.03 Å². The number of nitrogens with one attached hydrogen (secondary N) is 2. The standard InChI is InChI=1S/C9H9ClN4O2S/c1-14-2-7(15)12-8(14)13-9(16)11-6-4-17-3-5(6)10/h3-4H,2H2,1H3,(H2,11,12,13,15,16). The van der Waals surface area contributed by atoms with E-state index in [9.17, 15) is 9.59 Å². The second kappa shape index (κ2) is 4.72. The van der Waals surface area contributed by atoms with Gasteiger partial charge in [-0.3, -0.25) is 10.1 Å². The van der Waals surface area contributed by atoms with Crippen LogP contribution < -0.4 is 10.6 Å². The van der Waals surface area contributed by atoms with Crippen molar-refractivity contribution in [3.63, 3.8) is 0 Å². The summed E-state index contributed by atoms with van der Waals surface area (Å²) in [5, 5.41) is 8.87. The van der Waals surface area contributed by atoms with Gasteiger partial charge in [0.15, 0.2) is 0 Å². The molecule has 0 spiro atoms. The second-order valence-corrected chi connectivity index (χ2v) is 4.55. The third kappa shape index (κ3) is 2.75. The van der Waals surface area contributed by atoms with Gasteiger partial charge in [0, 0.05) is 17.8 Å². The molecule has 6 nitrogen and oxygen atoms in total. The molecule has 0 atom stereocenters. The number of urea groups is 1. The molecule has 0 aliphatic carbocycles. The highest BCUT2D eigenvalue weighted by molar-refractivity contribution is 7.09. The third-order valence-corrected chi connectivity index (χ3v) is 3.24. The van der Waals surface area contributed by atoms with E-state index >= 15 is 0 Å². The summed E-state index contributed by atoms with van der Waals surface area (Å²) in [5.41, 5.74) is 0.512. The fraction of sp³-hybridized carbons (Fsp3) is 0.222. The second-order valence-electron chi connectivity index (χ2n) is 3.40. The largest absolute Gasteiger partial charge is 0.348 e. The lowest BCUT2D eigenvalue weighted by molar-refractivity contribution is -0.118. The number of amides is 3. The van der Waals surface area contributed by atoms with Crippen LogP contribution in [0.25, 0.3) is 0 Å². The van der Waals surface area contributed by atoms with E-state index in [1.165, 1.54) is 11.3 Å². The average Bonchev–Trinajstić information content (AvgIpc) is 2.75. The van der Waals surface area contributed by atoms with Crippen molar-refractivity contribution in [2.45, 2.75) is 0 Å². The highest BCUT2D eigenvalue weighted by atomic mass is 35.5. The zero-order valence-corrected chi connectivity index (χ0v) is 10.4. The van der Waals surface area contributed by atoms with Crippen LogP contribution in [0.3, 0.4) is 0 Å². The summed E-state index contributed by atoms with van der Waals surface area (Å²) in [4.78, 5) is 27.9. The molecule has 2 rings (SSSR count). The number of aliphatic imine (C=N–C) groups is 1. The topological polar surface area (TPSA) is 73.8 Å². The maximum Gasteiger partial charge on any atom is 0.348 e. The molecule has 3 amide bonds. The highest BCUT2D eigenvalue weighted by Crippen LogP contribution is 2.25. The maximum atomic E-state index is 11.5. The fourth-order valence-electron chi connectivity index (χ4n) is 1.27. The van der Waals surface area contributed by atoms with E-state index in [-0.39, 0.29) is 18.4 Å². The number of rotatable bonds is 1. The number of guanidine groups is 1. The molecule has 0 bridgehead atoms. The number of hydrogen-bond acceptors (Lipinski definition) is 3. The van der Waals surface area contributed by atoms with Crippen molar-refractivity contribution in [1.82, 2.24) is 10.2 Å². The molecule has 1 aromatic rings. The Bertz CT molecular complexity index is 499. The minimum absolute atomic E-state index is 0.187. The normalized spacial score (nSPS) is 17.4. The van der Waals surface area contributed by atoms with Gasteiger partial charge in [-0.05, 0) is 0 Å². The number of anilines is 1. The maximum absolute atomic E-state index is 11.5. The quantitative estimate of drug-likeness (QED) is 0.810. The molecule has 0 saturated carbocycles. The van der Waals surface area contributed by atoms with Crippen molar-refractivity contribution in [2.24, 2.45) is 4.99 Å². The summed E-state index contributed by atoms with van der Waals surface area (Å²) < 4.78 is 0. The van der Waals surface area contributed by atoms with Crippen molar-refractivity contribution < 1.29 is 9.59 Å². The SMILES string of the molecule is CN1CC(=O)NC1=NC(=O)Nc1cscc1Cl. The predicted molar refractivity (Wildman–Crippen MR) is 66.6 cm³/mol. The number of thiophene rings is 1.